The molecule has 0 spiro atoms. The first kappa shape index (κ1) is 12.8. The molecule has 0 radical (unpaired) electrons. The molecule has 1 saturated carbocycles. The summed E-state index contributed by atoms with van der Waals surface area (Å²) >= 11 is 3.57. The van der Waals surface area contributed by atoms with Gasteiger partial charge in [-0.25, -0.2) is 4.68 Å². The maximum atomic E-state index is 4.20. The van der Waals surface area contributed by atoms with Gasteiger partial charge < -0.3 is 5.32 Å². The van der Waals surface area contributed by atoms with Crippen molar-refractivity contribution in [3.05, 3.63) is 40.1 Å². The van der Waals surface area contributed by atoms with E-state index in [1.165, 1.54) is 18.4 Å². The summed E-state index contributed by atoms with van der Waals surface area (Å²) in [6.07, 6.45) is 4.72. The molecule has 0 atom stereocenters. The van der Waals surface area contributed by atoms with Crippen molar-refractivity contribution < 1.29 is 0 Å². The second-order valence-electron chi connectivity index (χ2n) is 5.18. The van der Waals surface area contributed by atoms with E-state index < -0.39 is 0 Å². The molecule has 1 N–H and O–H groups in total. The number of nitrogens with one attached hydrogen (secondary N) is 1. The second kappa shape index (κ2) is 5.43. The highest BCUT2D eigenvalue weighted by molar-refractivity contribution is 9.10. The molecule has 0 aliphatic heterocycles. The van der Waals surface area contributed by atoms with Crippen molar-refractivity contribution in [2.75, 3.05) is 6.54 Å². The summed E-state index contributed by atoms with van der Waals surface area (Å²) in [5, 5.41) is 11.8. The fourth-order valence-electron chi connectivity index (χ4n) is 2.02. The number of rotatable bonds is 5. The lowest BCUT2D eigenvalue weighted by Crippen LogP contribution is -2.16. The Morgan fingerprint density at radius 2 is 2.26 bits per heavy atom. The van der Waals surface area contributed by atoms with Crippen molar-refractivity contribution >= 4 is 15.9 Å². The van der Waals surface area contributed by atoms with Crippen molar-refractivity contribution in [2.45, 2.75) is 26.3 Å². The summed E-state index contributed by atoms with van der Waals surface area (Å²) in [5.41, 5.74) is 3.22. The van der Waals surface area contributed by atoms with Gasteiger partial charge in [0.15, 0.2) is 0 Å². The van der Waals surface area contributed by atoms with Crippen LogP contribution in [0.3, 0.4) is 0 Å². The van der Waals surface area contributed by atoms with Crippen LogP contribution >= 0.6 is 15.9 Å². The molecule has 4 nitrogen and oxygen atoms in total. The number of halogens is 1. The average molecular weight is 321 g/mol. The molecule has 1 aromatic carbocycles. The summed E-state index contributed by atoms with van der Waals surface area (Å²) in [7, 11) is 0. The van der Waals surface area contributed by atoms with Crippen LogP contribution in [0.5, 0.6) is 0 Å². The molecule has 1 fully saturated rings. The standard InChI is InChI=1S/C14H17BrN4/c1-10-2-5-14(13(15)6-10)19-9-12(17-18-19)8-16-7-11-3-4-11/h2,5-6,9,11,16H,3-4,7-8H2,1H3. The number of aryl methyl sites for hydroxylation is 1. The zero-order valence-corrected chi connectivity index (χ0v) is 12.5. The minimum atomic E-state index is 0.792. The van der Waals surface area contributed by atoms with Crippen molar-refractivity contribution in [1.82, 2.24) is 20.3 Å². The van der Waals surface area contributed by atoms with Crippen LogP contribution < -0.4 is 5.32 Å². The summed E-state index contributed by atoms with van der Waals surface area (Å²) in [6, 6.07) is 6.21. The van der Waals surface area contributed by atoms with Gasteiger partial charge in [-0.15, -0.1) is 5.10 Å². The highest BCUT2D eigenvalue weighted by Crippen LogP contribution is 2.27. The lowest BCUT2D eigenvalue weighted by molar-refractivity contribution is 0.628. The van der Waals surface area contributed by atoms with Crippen LogP contribution in [0.1, 0.15) is 24.1 Å². The van der Waals surface area contributed by atoms with Gasteiger partial charge in [0.2, 0.25) is 0 Å². The Labute approximate surface area is 121 Å². The Kier molecular flexibility index (Phi) is 3.66. The molecule has 0 unspecified atom stereocenters. The molecule has 1 heterocycles. The molecule has 1 aromatic heterocycles. The quantitative estimate of drug-likeness (QED) is 0.921. The Hall–Kier alpha value is -1.20. The minimum Gasteiger partial charge on any atom is -0.311 e. The third-order valence-electron chi connectivity index (χ3n) is 3.33. The molecule has 3 rings (SSSR count). The Bertz CT molecular complexity index is 575. The average Bonchev–Trinajstić information content (AvgIpc) is 3.07. The molecular formula is C14H17BrN4. The molecule has 19 heavy (non-hydrogen) atoms. The van der Waals surface area contributed by atoms with E-state index in [9.17, 15) is 0 Å². The zero-order chi connectivity index (χ0) is 13.2. The van der Waals surface area contributed by atoms with Gasteiger partial charge in [-0.2, -0.15) is 0 Å². The van der Waals surface area contributed by atoms with E-state index in [0.29, 0.717) is 0 Å². The van der Waals surface area contributed by atoms with E-state index in [-0.39, 0.29) is 0 Å². The van der Waals surface area contributed by atoms with Crippen LogP contribution in [0.25, 0.3) is 5.69 Å². The van der Waals surface area contributed by atoms with Gasteiger partial charge in [0, 0.05) is 11.0 Å². The van der Waals surface area contributed by atoms with E-state index in [2.05, 4.69) is 56.7 Å². The molecule has 0 amide bonds. The van der Waals surface area contributed by atoms with E-state index >= 15 is 0 Å². The monoisotopic (exact) mass is 320 g/mol. The van der Waals surface area contributed by atoms with E-state index in [0.717, 1.165) is 34.9 Å². The first-order valence-electron chi connectivity index (χ1n) is 6.61. The lowest BCUT2D eigenvalue weighted by atomic mass is 10.2. The number of benzene rings is 1. The van der Waals surface area contributed by atoms with Gasteiger partial charge >= 0.3 is 0 Å². The number of hydrogen-bond donors (Lipinski definition) is 1. The minimum absolute atomic E-state index is 0.792. The molecule has 100 valence electrons. The second-order valence-corrected chi connectivity index (χ2v) is 6.04. The molecule has 0 saturated heterocycles. The van der Waals surface area contributed by atoms with E-state index in [1.54, 1.807) is 0 Å². The number of aromatic nitrogens is 3. The third-order valence-corrected chi connectivity index (χ3v) is 3.96. The van der Waals surface area contributed by atoms with Gasteiger partial charge in [-0.05, 0) is 65.9 Å². The first-order chi connectivity index (χ1) is 9.22. The van der Waals surface area contributed by atoms with Crippen LogP contribution in [0.4, 0.5) is 0 Å². The summed E-state index contributed by atoms with van der Waals surface area (Å²) in [6.45, 7) is 3.96. The topological polar surface area (TPSA) is 42.7 Å². The van der Waals surface area contributed by atoms with Crippen molar-refractivity contribution in [3.63, 3.8) is 0 Å². The zero-order valence-electron chi connectivity index (χ0n) is 10.9. The maximum Gasteiger partial charge on any atom is 0.0969 e. The van der Waals surface area contributed by atoms with Gasteiger partial charge in [-0.3, -0.25) is 0 Å². The van der Waals surface area contributed by atoms with Crippen molar-refractivity contribution in [1.29, 1.82) is 0 Å². The summed E-state index contributed by atoms with van der Waals surface area (Å²) in [5.74, 6) is 0.890. The molecular weight excluding hydrogens is 304 g/mol. The SMILES string of the molecule is Cc1ccc(-n2cc(CNCC3CC3)nn2)c(Br)c1. The van der Waals surface area contributed by atoms with Gasteiger partial charge in [0.25, 0.3) is 0 Å². The van der Waals surface area contributed by atoms with Gasteiger partial charge in [-0.1, -0.05) is 11.3 Å². The van der Waals surface area contributed by atoms with Crippen LogP contribution in [0, 0.1) is 12.8 Å². The molecule has 1 aliphatic carbocycles. The Morgan fingerprint density at radius 1 is 1.42 bits per heavy atom. The predicted octanol–water partition coefficient (Wildman–Crippen LogP) is 2.84. The van der Waals surface area contributed by atoms with Crippen LogP contribution in [0.15, 0.2) is 28.9 Å². The predicted molar refractivity (Wildman–Crippen MR) is 78.2 cm³/mol. The Morgan fingerprint density at radius 3 is 3.00 bits per heavy atom. The van der Waals surface area contributed by atoms with Crippen LogP contribution in [0.2, 0.25) is 0 Å². The molecule has 0 bridgehead atoms. The fraction of sp³-hybridized carbons (Fsp3) is 0.429. The normalized spacial score (nSPS) is 14.8. The van der Waals surface area contributed by atoms with E-state index in [1.807, 2.05) is 10.9 Å². The van der Waals surface area contributed by atoms with Gasteiger partial charge in [0.1, 0.15) is 0 Å². The number of hydrogen-bond acceptors (Lipinski definition) is 3. The smallest absolute Gasteiger partial charge is 0.0969 e. The van der Waals surface area contributed by atoms with Crippen LogP contribution in [-0.2, 0) is 6.54 Å². The fourth-order valence-corrected chi connectivity index (χ4v) is 2.70. The summed E-state index contributed by atoms with van der Waals surface area (Å²) in [4.78, 5) is 0. The van der Waals surface area contributed by atoms with E-state index in [4.69, 9.17) is 0 Å². The molecule has 5 heteroatoms. The lowest BCUT2D eigenvalue weighted by Gasteiger charge is -2.04. The van der Waals surface area contributed by atoms with Crippen molar-refractivity contribution in [2.24, 2.45) is 5.92 Å². The Balaban J connectivity index is 1.68. The largest absolute Gasteiger partial charge is 0.311 e. The highest BCUT2D eigenvalue weighted by Gasteiger charge is 2.20. The first-order valence-corrected chi connectivity index (χ1v) is 7.40. The molecule has 2 aromatic rings. The van der Waals surface area contributed by atoms with Crippen LogP contribution in [-0.4, -0.2) is 21.5 Å². The third kappa shape index (κ3) is 3.22. The van der Waals surface area contributed by atoms with Crippen molar-refractivity contribution in [3.8, 4) is 5.69 Å². The highest BCUT2D eigenvalue weighted by atomic mass is 79.9. The molecule has 1 aliphatic rings. The summed E-state index contributed by atoms with van der Waals surface area (Å²) < 4.78 is 2.85. The maximum absolute atomic E-state index is 4.20. The van der Waals surface area contributed by atoms with Gasteiger partial charge in [0.05, 0.1) is 17.6 Å². The number of nitrogens with zero attached hydrogens (tertiary/aromatic N) is 3.